The zero-order valence-corrected chi connectivity index (χ0v) is 16.3. The molecule has 0 unspecified atom stereocenters. The molecule has 1 N–H and O–H groups in total. The van der Waals surface area contributed by atoms with Gasteiger partial charge < -0.3 is 10.1 Å². The molecule has 5 amide bonds. The summed E-state index contributed by atoms with van der Waals surface area (Å²) in [6, 6.07) is 5.10. The van der Waals surface area contributed by atoms with Crippen molar-refractivity contribution < 1.29 is 28.7 Å². The molecule has 1 saturated heterocycles. The van der Waals surface area contributed by atoms with Gasteiger partial charge in [0.1, 0.15) is 6.54 Å². The van der Waals surface area contributed by atoms with Gasteiger partial charge in [-0.25, -0.2) is 14.5 Å². The number of carbonyl (C=O) groups is 5. The van der Waals surface area contributed by atoms with Gasteiger partial charge in [-0.05, 0) is 30.9 Å². The van der Waals surface area contributed by atoms with E-state index in [1.807, 2.05) is 6.92 Å². The van der Waals surface area contributed by atoms with Crippen molar-refractivity contribution in [2.45, 2.75) is 38.6 Å². The van der Waals surface area contributed by atoms with Crippen molar-refractivity contribution in [1.29, 1.82) is 0 Å². The van der Waals surface area contributed by atoms with Gasteiger partial charge in [-0.3, -0.25) is 19.3 Å². The summed E-state index contributed by atoms with van der Waals surface area (Å²) in [4.78, 5) is 63.4. The minimum atomic E-state index is -1.01. The molecule has 1 heterocycles. The van der Waals surface area contributed by atoms with Crippen molar-refractivity contribution in [3.63, 3.8) is 0 Å². The highest BCUT2D eigenvalue weighted by Crippen LogP contribution is 2.31. The number of ether oxygens (including phenoxy) is 1. The van der Waals surface area contributed by atoms with Crippen molar-refractivity contribution in [1.82, 2.24) is 9.80 Å². The molecule has 1 aromatic carbocycles. The maximum atomic E-state index is 12.7. The fourth-order valence-electron chi connectivity index (χ4n) is 3.85. The molecule has 9 nitrogen and oxygen atoms in total. The summed E-state index contributed by atoms with van der Waals surface area (Å²) in [5.74, 6) is -3.14. The van der Waals surface area contributed by atoms with Crippen LogP contribution in [0.1, 0.15) is 43.0 Å². The Morgan fingerprint density at radius 2 is 1.79 bits per heavy atom. The van der Waals surface area contributed by atoms with Crippen LogP contribution in [0.3, 0.4) is 0 Å². The lowest BCUT2D eigenvalue weighted by Gasteiger charge is -2.34. The Balaban J connectivity index is 1.73. The maximum Gasteiger partial charge on any atom is 0.339 e. The Bertz CT molecular complexity index is 868. The van der Waals surface area contributed by atoms with E-state index in [0.717, 1.165) is 24.2 Å². The van der Waals surface area contributed by atoms with E-state index in [4.69, 9.17) is 0 Å². The van der Waals surface area contributed by atoms with Gasteiger partial charge in [-0.1, -0.05) is 31.9 Å². The molecule has 0 aromatic heterocycles. The molecule has 1 aliphatic carbocycles. The Hall–Kier alpha value is -3.23. The number of methoxy groups -OCH3 is 1. The number of amides is 5. The van der Waals surface area contributed by atoms with Gasteiger partial charge >= 0.3 is 23.8 Å². The predicted molar refractivity (Wildman–Crippen MR) is 102 cm³/mol. The average Bonchev–Trinajstić information content (AvgIpc) is 2.91. The van der Waals surface area contributed by atoms with E-state index in [2.05, 4.69) is 10.1 Å². The van der Waals surface area contributed by atoms with Crippen LogP contribution in [-0.4, -0.2) is 59.2 Å². The molecule has 2 fully saturated rings. The Morgan fingerprint density at radius 3 is 2.48 bits per heavy atom. The Labute approximate surface area is 168 Å². The summed E-state index contributed by atoms with van der Waals surface area (Å²) in [7, 11) is 1.22. The van der Waals surface area contributed by atoms with Crippen LogP contribution < -0.4 is 5.32 Å². The zero-order chi connectivity index (χ0) is 21.1. The van der Waals surface area contributed by atoms with Crippen LogP contribution in [0, 0.1) is 5.92 Å². The van der Waals surface area contributed by atoms with E-state index in [9.17, 15) is 24.0 Å². The smallest absolute Gasteiger partial charge is 0.339 e. The van der Waals surface area contributed by atoms with Crippen molar-refractivity contribution in [3.05, 3.63) is 29.8 Å². The second-order valence-electron chi connectivity index (χ2n) is 7.26. The summed E-state index contributed by atoms with van der Waals surface area (Å²) in [6.07, 6.45) is 3.43. The monoisotopic (exact) mass is 401 g/mol. The fourth-order valence-corrected chi connectivity index (χ4v) is 3.85. The standard InChI is InChI=1S/C20H23N3O6/c1-12-7-3-6-10-15(12)23-18(26)17(25)22(20(23)28)11-16(24)21-14-9-5-4-8-13(14)19(27)29-2/h4-5,8-9,12,15H,3,6-7,10-11H2,1-2H3,(H,21,24)/t12-,15+/m0/s1. The van der Waals surface area contributed by atoms with Crippen molar-refractivity contribution >= 4 is 35.4 Å². The van der Waals surface area contributed by atoms with Crippen molar-refractivity contribution in [2.24, 2.45) is 5.92 Å². The molecular formula is C20H23N3O6. The predicted octanol–water partition coefficient (Wildman–Crippen LogP) is 1.78. The molecular weight excluding hydrogens is 378 g/mol. The van der Waals surface area contributed by atoms with Crippen LogP contribution in [0.25, 0.3) is 0 Å². The minimum Gasteiger partial charge on any atom is -0.465 e. The summed E-state index contributed by atoms with van der Waals surface area (Å²) in [6.45, 7) is 1.34. The van der Waals surface area contributed by atoms with Crippen LogP contribution in [0.15, 0.2) is 24.3 Å². The number of esters is 1. The molecule has 9 heteroatoms. The van der Waals surface area contributed by atoms with E-state index in [-0.39, 0.29) is 23.2 Å². The van der Waals surface area contributed by atoms with Gasteiger partial charge in [-0.2, -0.15) is 0 Å². The molecule has 0 spiro atoms. The lowest BCUT2D eigenvalue weighted by atomic mass is 9.85. The number of hydrogen-bond donors (Lipinski definition) is 1. The van der Waals surface area contributed by atoms with Crippen LogP contribution in [0.2, 0.25) is 0 Å². The molecule has 1 aromatic rings. The van der Waals surface area contributed by atoms with Crippen LogP contribution >= 0.6 is 0 Å². The van der Waals surface area contributed by atoms with Crippen molar-refractivity contribution in [2.75, 3.05) is 19.0 Å². The number of carbonyl (C=O) groups excluding carboxylic acids is 5. The van der Waals surface area contributed by atoms with Crippen LogP contribution in [-0.2, 0) is 19.1 Å². The van der Waals surface area contributed by atoms with E-state index in [0.29, 0.717) is 11.3 Å². The molecule has 2 aliphatic rings. The van der Waals surface area contributed by atoms with E-state index >= 15 is 0 Å². The number of para-hydroxylation sites is 1. The first kappa shape index (κ1) is 20.5. The summed E-state index contributed by atoms with van der Waals surface area (Å²) in [5, 5.41) is 2.50. The first-order chi connectivity index (χ1) is 13.8. The number of benzene rings is 1. The summed E-state index contributed by atoms with van der Waals surface area (Å²) < 4.78 is 4.67. The highest BCUT2D eigenvalue weighted by Gasteiger charge is 2.49. The maximum absolute atomic E-state index is 12.7. The topological polar surface area (TPSA) is 113 Å². The molecule has 29 heavy (non-hydrogen) atoms. The van der Waals surface area contributed by atoms with Crippen LogP contribution in [0.5, 0.6) is 0 Å². The van der Waals surface area contributed by atoms with Crippen molar-refractivity contribution in [3.8, 4) is 0 Å². The molecule has 1 aliphatic heterocycles. The lowest BCUT2D eigenvalue weighted by Crippen LogP contribution is -2.46. The van der Waals surface area contributed by atoms with E-state index < -0.39 is 36.3 Å². The summed E-state index contributed by atoms with van der Waals surface area (Å²) >= 11 is 0. The molecule has 3 rings (SSSR count). The molecule has 1 saturated carbocycles. The SMILES string of the molecule is COC(=O)c1ccccc1NC(=O)CN1C(=O)C(=O)N([C@@H]2CCCC[C@@H]2C)C1=O. The first-order valence-corrected chi connectivity index (χ1v) is 9.51. The number of imide groups is 2. The third-order valence-electron chi connectivity index (χ3n) is 5.39. The second-order valence-corrected chi connectivity index (χ2v) is 7.26. The van der Waals surface area contributed by atoms with Gasteiger partial charge in [-0.15, -0.1) is 0 Å². The third-order valence-corrected chi connectivity index (χ3v) is 5.39. The molecule has 0 radical (unpaired) electrons. The van der Waals surface area contributed by atoms with Gasteiger partial charge in [0.2, 0.25) is 5.91 Å². The Morgan fingerprint density at radius 1 is 1.10 bits per heavy atom. The second kappa shape index (κ2) is 8.42. The molecule has 2 atom stereocenters. The minimum absolute atomic E-state index is 0.102. The quantitative estimate of drug-likeness (QED) is 0.457. The Kier molecular flexibility index (Phi) is 5.95. The highest BCUT2D eigenvalue weighted by atomic mass is 16.5. The van der Waals surface area contributed by atoms with E-state index in [1.54, 1.807) is 12.1 Å². The number of urea groups is 1. The van der Waals surface area contributed by atoms with Gasteiger partial charge in [0.25, 0.3) is 0 Å². The number of anilines is 1. The third kappa shape index (κ3) is 3.98. The fraction of sp³-hybridized carbons (Fsp3) is 0.450. The number of nitrogens with one attached hydrogen (secondary N) is 1. The number of hydrogen-bond acceptors (Lipinski definition) is 6. The highest BCUT2D eigenvalue weighted by molar-refractivity contribution is 6.45. The van der Waals surface area contributed by atoms with Crippen LogP contribution in [0.4, 0.5) is 10.5 Å². The average molecular weight is 401 g/mol. The zero-order valence-electron chi connectivity index (χ0n) is 16.3. The van der Waals surface area contributed by atoms with E-state index in [1.165, 1.54) is 19.2 Å². The van der Waals surface area contributed by atoms with Gasteiger partial charge in [0.05, 0.1) is 18.4 Å². The normalized spacial score (nSPS) is 22.1. The molecule has 0 bridgehead atoms. The lowest BCUT2D eigenvalue weighted by molar-refractivity contribution is -0.145. The number of nitrogens with zero attached hydrogens (tertiary/aromatic N) is 2. The van der Waals surface area contributed by atoms with Gasteiger partial charge in [0.15, 0.2) is 0 Å². The summed E-state index contributed by atoms with van der Waals surface area (Å²) in [5.41, 5.74) is 0.323. The van der Waals surface area contributed by atoms with Gasteiger partial charge in [0, 0.05) is 6.04 Å². The largest absolute Gasteiger partial charge is 0.465 e. The molecule has 154 valence electrons. The first-order valence-electron chi connectivity index (χ1n) is 9.51. The number of rotatable bonds is 5.